The van der Waals surface area contributed by atoms with Crippen LogP contribution in [0.25, 0.3) is 16.8 Å². The highest BCUT2D eigenvalue weighted by atomic mass is 14.2. The monoisotopic (exact) mass is 208 g/mol. The third-order valence-electron chi connectivity index (χ3n) is 3.37. The van der Waals surface area contributed by atoms with Gasteiger partial charge < -0.3 is 0 Å². The lowest BCUT2D eigenvalue weighted by Crippen LogP contribution is -2.15. The smallest absolute Gasteiger partial charge is 0.0131 e. The molecule has 0 spiro atoms. The summed E-state index contributed by atoms with van der Waals surface area (Å²) in [6, 6.07) is 13.2. The SMILES string of the molecule is CC1(C)C=Cc2cc3ccccc3cc2C1. The number of hydrogen-bond acceptors (Lipinski definition) is 0. The van der Waals surface area contributed by atoms with Crippen molar-refractivity contribution in [3.05, 3.63) is 53.6 Å². The van der Waals surface area contributed by atoms with E-state index in [1.807, 2.05) is 0 Å². The van der Waals surface area contributed by atoms with E-state index in [-0.39, 0.29) is 0 Å². The van der Waals surface area contributed by atoms with Gasteiger partial charge in [-0.3, -0.25) is 0 Å². The molecule has 2 aromatic rings. The predicted octanol–water partition coefficient (Wildman–Crippen LogP) is 4.44. The molecule has 0 fully saturated rings. The van der Waals surface area contributed by atoms with E-state index < -0.39 is 0 Å². The quantitative estimate of drug-likeness (QED) is 0.600. The lowest BCUT2D eigenvalue weighted by Gasteiger charge is -2.26. The molecule has 0 aliphatic heterocycles. The molecule has 3 rings (SSSR count). The minimum atomic E-state index is 0.301. The number of fused-ring (bicyclic) bond motifs is 2. The minimum absolute atomic E-state index is 0.301. The lowest BCUT2D eigenvalue weighted by atomic mass is 9.79. The average molecular weight is 208 g/mol. The zero-order chi connectivity index (χ0) is 11.2. The van der Waals surface area contributed by atoms with E-state index in [0.29, 0.717) is 5.41 Å². The van der Waals surface area contributed by atoms with Gasteiger partial charge in [0.05, 0.1) is 0 Å². The van der Waals surface area contributed by atoms with E-state index in [1.165, 1.54) is 21.9 Å². The molecule has 0 heteroatoms. The average Bonchev–Trinajstić information content (AvgIpc) is 2.25. The van der Waals surface area contributed by atoms with Crippen LogP contribution >= 0.6 is 0 Å². The molecule has 0 heterocycles. The minimum Gasteiger partial charge on any atom is -0.0779 e. The van der Waals surface area contributed by atoms with Gasteiger partial charge in [0.25, 0.3) is 0 Å². The molecule has 0 nitrogen and oxygen atoms in total. The van der Waals surface area contributed by atoms with Crippen molar-refractivity contribution in [2.45, 2.75) is 20.3 Å². The normalized spacial score (nSPS) is 17.4. The van der Waals surface area contributed by atoms with Gasteiger partial charge in [-0.1, -0.05) is 56.3 Å². The standard InChI is InChI=1S/C16H16/c1-16(2)8-7-14-9-12-5-3-4-6-13(12)10-15(14)11-16/h3-10H,11H2,1-2H3. The molecule has 0 saturated carbocycles. The lowest BCUT2D eigenvalue weighted by molar-refractivity contribution is 0.475. The van der Waals surface area contributed by atoms with Crippen LogP contribution in [0, 0.1) is 5.41 Å². The number of rotatable bonds is 0. The van der Waals surface area contributed by atoms with Crippen molar-refractivity contribution in [2.75, 3.05) is 0 Å². The third-order valence-corrected chi connectivity index (χ3v) is 3.37. The van der Waals surface area contributed by atoms with Crippen LogP contribution in [0.3, 0.4) is 0 Å². The van der Waals surface area contributed by atoms with Gasteiger partial charge in [0.15, 0.2) is 0 Å². The summed E-state index contributed by atoms with van der Waals surface area (Å²) in [4.78, 5) is 0. The number of allylic oxidation sites excluding steroid dienone is 1. The first-order valence-electron chi connectivity index (χ1n) is 5.85. The maximum Gasteiger partial charge on any atom is -0.0131 e. The Morgan fingerprint density at radius 2 is 1.69 bits per heavy atom. The molecule has 1 aliphatic rings. The number of benzene rings is 2. The molecule has 0 unspecified atom stereocenters. The Morgan fingerprint density at radius 1 is 1.00 bits per heavy atom. The highest BCUT2D eigenvalue weighted by molar-refractivity contribution is 5.86. The van der Waals surface area contributed by atoms with Crippen molar-refractivity contribution < 1.29 is 0 Å². The fourth-order valence-corrected chi connectivity index (χ4v) is 2.48. The van der Waals surface area contributed by atoms with E-state index >= 15 is 0 Å². The molecule has 1 aliphatic carbocycles. The van der Waals surface area contributed by atoms with Gasteiger partial charge in [0, 0.05) is 0 Å². The van der Waals surface area contributed by atoms with E-state index in [2.05, 4.69) is 62.4 Å². The van der Waals surface area contributed by atoms with Crippen molar-refractivity contribution in [1.82, 2.24) is 0 Å². The van der Waals surface area contributed by atoms with E-state index in [4.69, 9.17) is 0 Å². The highest BCUT2D eigenvalue weighted by Gasteiger charge is 2.20. The third kappa shape index (κ3) is 1.55. The van der Waals surface area contributed by atoms with Gasteiger partial charge in [-0.25, -0.2) is 0 Å². The predicted molar refractivity (Wildman–Crippen MR) is 70.5 cm³/mol. The fraction of sp³-hybridized carbons (Fsp3) is 0.250. The first-order chi connectivity index (χ1) is 7.64. The van der Waals surface area contributed by atoms with Gasteiger partial charge in [0.1, 0.15) is 0 Å². The van der Waals surface area contributed by atoms with Gasteiger partial charge in [-0.15, -0.1) is 0 Å². The summed E-state index contributed by atoms with van der Waals surface area (Å²) < 4.78 is 0. The van der Waals surface area contributed by atoms with Gasteiger partial charge in [-0.05, 0) is 39.8 Å². The van der Waals surface area contributed by atoms with Crippen LogP contribution in [-0.2, 0) is 6.42 Å². The molecular formula is C16H16. The zero-order valence-corrected chi connectivity index (χ0v) is 9.83. The summed E-state index contributed by atoms with van der Waals surface area (Å²) >= 11 is 0. The summed E-state index contributed by atoms with van der Waals surface area (Å²) in [5.41, 5.74) is 3.17. The Morgan fingerprint density at radius 3 is 2.44 bits per heavy atom. The van der Waals surface area contributed by atoms with Crippen molar-refractivity contribution in [2.24, 2.45) is 5.41 Å². The molecule has 0 N–H and O–H groups in total. The summed E-state index contributed by atoms with van der Waals surface area (Å²) in [6.07, 6.45) is 5.74. The fourth-order valence-electron chi connectivity index (χ4n) is 2.48. The van der Waals surface area contributed by atoms with Crippen LogP contribution in [-0.4, -0.2) is 0 Å². The van der Waals surface area contributed by atoms with E-state index in [9.17, 15) is 0 Å². The molecular weight excluding hydrogens is 192 g/mol. The van der Waals surface area contributed by atoms with Crippen LogP contribution in [0.2, 0.25) is 0 Å². The van der Waals surface area contributed by atoms with Crippen molar-refractivity contribution >= 4 is 16.8 Å². The van der Waals surface area contributed by atoms with Gasteiger partial charge >= 0.3 is 0 Å². The second kappa shape index (κ2) is 3.21. The second-order valence-electron chi connectivity index (χ2n) is 5.40. The maximum atomic E-state index is 2.34. The Balaban J connectivity index is 2.24. The molecule has 0 aromatic heterocycles. The van der Waals surface area contributed by atoms with E-state index in [1.54, 1.807) is 0 Å². The van der Waals surface area contributed by atoms with Gasteiger partial charge in [-0.2, -0.15) is 0 Å². The van der Waals surface area contributed by atoms with Crippen molar-refractivity contribution in [1.29, 1.82) is 0 Å². The van der Waals surface area contributed by atoms with Crippen LogP contribution in [0.5, 0.6) is 0 Å². The topological polar surface area (TPSA) is 0 Å². The summed E-state index contributed by atoms with van der Waals surface area (Å²) in [6.45, 7) is 4.59. The van der Waals surface area contributed by atoms with E-state index in [0.717, 1.165) is 6.42 Å². The molecule has 16 heavy (non-hydrogen) atoms. The number of hydrogen-bond donors (Lipinski definition) is 0. The first-order valence-corrected chi connectivity index (χ1v) is 5.85. The second-order valence-corrected chi connectivity index (χ2v) is 5.40. The molecule has 80 valence electrons. The molecule has 2 aromatic carbocycles. The van der Waals surface area contributed by atoms with Crippen LogP contribution in [0.15, 0.2) is 42.5 Å². The molecule has 0 radical (unpaired) electrons. The Labute approximate surface area is 96.6 Å². The van der Waals surface area contributed by atoms with Gasteiger partial charge in [0.2, 0.25) is 0 Å². The first kappa shape index (κ1) is 9.65. The van der Waals surface area contributed by atoms with Crippen molar-refractivity contribution in [3.63, 3.8) is 0 Å². The molecule has 0 atom stereocenters. The maximum absolute atomic E-state index is 2.34. The molecule has 0 bridgehead atoms. The van der Waals surface area contributed by atoms with Crippen LogP contribution in [0.4, 0.5) is 0 Å². The molecule has 0 amide bonds. The summed E-state index contributed by atoms with van der Waals surface area (Å²) in [5, 5.41) is 2.69. The Hall–Kier alpha value is -1.56. The Bertz CT molecular complexity index is 574. The summed E-state index contributed by atoms with van der Waals surface area (Å²) in [5.74, 6) is 0. The Kier molecular flexibility index (Phi) is 1.94. The molecule has 0 saturated heterocycles. The van der Waals surface area contributed by atoms with Crippen molar-refractivity contribution in [3.8, 4) is 0 Å². The largest absolute Gasteiger partial charge is 0.0779 e. The van der Waals surface area contributed by atoms with Crippen LogP contribution < -0.4 is 0 Å². The highest BCUT2D eigenvalue weighted by Crippen LogP contribution is 2.33. The van der Waals surface area contributed by atoms with Crippen LogP contribution in [0.1, 0.15) is 25.0 Å². The zero-order valence-electron chi connectivity index (χ0n) is 9.83. The summed E-state index contributed by atoms with van der Waals surface area (Å²) in [7, 11) is 0.